The molecule has 0 saturated carbocycles. The van der Waals surface area contributed by atoms with Gasteiger partial charge in [0, 0.05) is 18.5 Å². The third kappa shape index (κ3) is 4.49. The Morgan fingerprint density at radius 2 is 2.19 bits per heavy atom. The summed E-state index contributed by atoms with van der Waals surface area (Å²) in [7, 11) is 0. The maximum Gasteiger partial charge on any atom is 0.140 e. The summed E-state index contributed by atoms with van der Waals surface area (Å²) >= 11 is 5.68. The smallest absolute Gasteiger partial charge is 0.140 e. The quantitative estimate of drug-likeness (QED) is 0.747. The lowest BCUT2D eigenvalue weighted by Gasteiger charge is -2.13. The molecule has 0 saturated heterocycles. The summed E-state index contributed by atoms with van der Waals surface area (Å²) in [6.07, 6.45) is 2.59. The number of halogens is 1. The molecule has 5 heteroatoms. The highest BCUT2D eigenvalue weighted by atomic mass is 35.5. The fourth-order valence-corrected chi connectivity index (χ4v) is 1.78. The standard InChI is InChI=1S/C11H21ClN4/c1-9(2)7-16-11(14-8-15-16)6-13-10(3)4-5-12/h8-10,13H,4-7H2,1-3H3. The minimum Gasteiger partial charge on any atom is -0.307 e. The summed E-state index contributed by atoms with van der Waals surface area (Å²) in [6, 6.07) is 0.418. The van der Waals surface area contributed by atoms with Gasteiger partial charge in [0.25, 0.3) is 0 Å². The third-order valence-electron chi connectivity index (χ3n) is 2.38. The molecule has 1 N–H and O–H groups in total. The fraction of sp³-hybridized carbons (Fsp3) is 0.818. The Balaban J connectivity index is 2.44. The van der Waals surface area contributed by atoms with Gasteiger partial charge in [-0.15, -0.1) is 11.6 Å². The number of hydrogen-bond acceptors (Lipinski definition) is 3. The van der Waals surface area contributed by atoms with Crippen LogP contribution in [0.4, 0.5) is 0 Å². The topological polar surface area (TPSA) is 42.7 Å². The van der Waals surface area contributed by atoms with Gasteiger partial charge in [0.05, 0.1) is 6.54 Å². The molecule has 0 aliphatic heterocycles. The second-order valence-electron chi connectivity index (χ2n) is 4.51. The maximum absolute atomic E-state index is 5.68. The third-order valence-corrected chi connectivity index (χ3v) is 2.60. The van der Waals surface area contributed by atoms with Crippen molar-refractivity contribution >= 4 is 11.6 Å². The van der Waals surface area contributed by atoms with Crippen LogP contribution in [0.25, 0.3) is 0 Å². The number of rotatable bonds is 7. The lowest BCUT2D eigenvalue weighted by molar-refractivity contribution is 0.445. The average molecular weight is 245 g/mol. The first kappa shape index (κ1) is 13.5. The molecule has 1 unspecified atom stereocenters. The summed E-state index contributed by atoms with van der Waals surface area (Å²) in [5.41, 5.74) is 0. The summed E-state index contributed by atoms with van der Waals surface area (Å²) < 4.78 is 1.96. The van der Waals surface area contributed by atoms with Gasteiger partial charge in [0.2, 0.25) is 0 Å². The van der Waals surface area contributed by atoms with E-state index < -0.39 is 0 Å². The molecule has 0 fully saturated rings. The number of nitrogens with one attached hydrogen (secondary N) is 1. The van der Waals surface area contributed by atoms with Crippen molar-refractivity contribution in [3.05, 3.63) is 12.2 Å². The lowest BCUT2D eigenvalue weighted by atomic mass is 10.2. The second-order valence-corrected chi connectivity index (χ2v) is 4.89. The molecule has 92 valence electrons. The summed E-state index contributed by atoms with van der Waals surface area (Å²) in [5.74, 6) is 2.27. The number of nitrogens with zero attached hydrogens (tertiary/aromatic N) is 3. The molecule has 0 bridgehead atoms. The predicted octanol–water partition coefficient (Wildman–Crippen LogP) is 2.04. The summed E-state index contributed by atoms with van der Waals surface area (Å²) in [5, 5.41) is 7.61. The molecule has 1 aromatic heterocycles. The van der Waals surface area contributed by atoms with Crippen LogP contribution >= 0.6 is 11.6 Å². The molecule has 1 heterocycles. The number of hydrogen-bond donors (Lipinski definition) is 1. The Labute approximate surface area is 102 Å². The molecule has 0 aliphatic rings. The molecule has 4 nitrogen and oxygen atoms in total. The van der Waals surface area contributed by atoms with Gasteiger partial charge in [0.1, 0.15) is 12.2 Å². The summed E-state index contributed by atoms with van der Waals surface area (Å²) in [6.45, 7) is 8.15. The Bertz CT molecular complexity index is 298. The molecule has 0 spiro atoms. The van der Waals surface area contributed by atoms with E-state index >= 15 is 0 Å². The molecule has 1 atom stereocenters. The van der Waals surface area contributed by atoms with E-state index in [9.17, 15) is 0 Å². The highest BCUT2D eigenvalue weighted by Gasteiger charge is 2.07. The Kier molecular flexibility index (Phi) is 5.77. The van der Waals surface area contributed by atoms with Gasteiger partial charge in [-0.05, 0) is 19.3 Å². The lowest BCUT2D eigenvalue weighted by Crippen LogP contribution is -2.27. The molecule has 16 heavy (non-hydrogen) atoms. The number of alkyl halides is 1. The van der Waals surface area contributed by atoms with Crippen LogP contribution in [-0.2, 0) is 13.1 Å². The van der Waals surface area contributed by atoms with Gasteiger partial charge in [-0.2, -0.15) is 5.10 Å². The molecule has 1 rings (SSSR count). The fourth-order valence-electron chi connectivity index (χ4n) is 1.45. The first-order chi connectivity index (χ1) is 7.63. The van der Waals surface area contributed by atoms with Gasteiger partial charge in [-0.1, -0.05) is 13.8 Å². The molecular weight excluding hydrogens is 224 g/mol. The van der Waals surface area contributed by atoms with Crippen molar-refractivity contribution in [3.8, 4) is 0 Å². The Hall–Kier alpha value is -0.610. The van der Waals surface area contributed by atoms with Crippen molar-refractivity contribution in [2.24, 2.45) is 5.92 Å². The van der Waals surface area contributed by atoms with Crippen LogP contribution in [0, 0.1) is 5.92 Å². The molecule has 0 amide bonds. The van der Waals surface area contributed by atoms with Gasteiger partial charge >= 0.3 is 0 Å². The molecule has 0 aliphatic carbocycles. The van der Waals surface area contributed by atoms with E-state index in [0.29, 0.717) is 17.8 Å². The van der Waals surface area contributed by atoms with Crippen molar-refractivity contribution < 1.29 is 0 Å². The van der Waals surface area contributed by atoms with Crippen molar-refractivity contribution in [3.63, 3.8) is 0 Å². The van der Waals surface area contributed by atoms with E-state index in [-0.39, 0.29) is 0 Å². The van der Waals surface area contributed by atoms with E-state index in [2.05, 4.69) is 36.2 Å². The normalized spacial score (nSPS) is 13.3. The van der Waals surface area contributed by atoms with Crippen molar-refractivity contribution in [2.75, 3.05) is 5.88 Å². The monoisotopic (exact) mass is 244 g/mol. The van der Waals surface area contributed by atoms with Crippen LogP contribution in [0.5, 0.6) is 0 Å². The first-order valence-corrected chi connectivity index (χ1v) is 6.33. The highest BCUT2D eigenvalue weighted by Crippen LogP contribution is 2.02. The minimum atomic E-state index is 0.418. The van der Waals surface area contributed by atoms with Gasteiger partial charge in [0.15, 0.2) is 0 Å². The van der Waals surface area contributed by atoms with Crippen LogP contribution in [0.1, 0.15) is 33.0 Å². The van der Waals surface area contributed by atoms with Crippen molar-refractivity contribution in [1.82, 2.24) is 20.1 Å². The highest BCUT2D eigenvalue weighted by molar-refractivity contribution is 6.17. The van der Waals surface area contributed by atoms with Crippen molar-refractivity contribution in [2.45, 2.75) is 46.3 Å². The van der Waals surface area contributed by atoms with E-state index in [1.54, 1.807) is 6.33 Å². The molecular formula is C11H21ClN4. The van der Waals surface area contributed by atoms with Crippen LogP contribution in [-0.4, -0.2) is 26.7 Å². The molecule has 0 radical (unpaired) electrons. The zero-order valence-electron chi connectivity index (χ0n) is 10.3. The van der Waals surface area contributed by atoms with E-state index in [0.717, 1.165) is 25.3 Å². The largest absolute Gasteiger partial charge is 0.307 e. The molecule has 0 aromatic carbocycles. The maximum atomic E-state index is 5.68. The number of aromatic nitrogens is 3. The zero-order valence-corrected chi connectivity index (χ0v) is 11.0. The second kappa shape index (κ2) is 6.86. The van der Waals surface area contributed by atoms with E-state index in [4.69, 9.17) is 11.6 Å². The van der Waals surface area contributed by atoms with E-state index in [1.165, 1.54) is 0 Å². The van der Waals surface area contributed by atoms with E-state index in [1.807, 2.05) is 4.68 Å². The van der Waals surface area contributed by atoms with Crippen LogP contribution in [0.2, 0.25) is 0 Å². The van der Waals surface area contributed by atoms with Crippen LogP contribution in [0.15, 0.2) is 6.33 Å². The average Bonchev–Trinajstić information content (AvgIpc) is 2.62. The van der Waals surface area contributed by atoms with Gasteiger partial charge in [-0.3, -0.25) is 0 Å². The predicted molar refractivity (Wildman–Crippen MR) is 66.5 cm³/mol. The van der Waals surface area contributed by atoms with Crippen LogP contribution < -0.4 is 5.32 Å². The SMILES string of the molecule is CC(C)Cn1ncnc1CNC(C)CCCl. The minimum absolute atomic E-state index is 0.418. The summed E-state index contributed by atoms with van der Waals surface area (Å²) in [4.78, 5) is 4.26. The Morgan fingerprint density at radius 1 is 1.44 bits per heavy atom. The van der Waals surface area contributed by atoms with Crippen molar-refractivity contribution in [1.29, 1.82) is 0 Å². The van der Waals surface area contributed by atoms with Crippen LogP contribution in [0.3, 0.4) is 0 Å². The first-order valence-electron chi connectivity index (χ1n) is 5.79. The van der Waals surface area contributed by atoms with Gasteiger partial charge < -0.3 is 5.32 Å². The zero-order chi connectivity index (χ0) is 12.0. The molecule has 1 aromatic rings. The van der Waals surface area contributed by atoms with Gasteiger partial charge in [-0.25, -0.2) is 9.67 Å². The Morgan fingerprint density at radius 3 is 2.81 bits per heavy atom.